The second-order valence-corrected chi connectivity index (χ2v) is 5.10. The molecule has 118 valence electrons. The lowest BCUT2D eigenvalue weighted by Crippen LogP contribution is -2.32. The Labute approximate surface area is 127 Å². The van der Waals surface area contributed by atoms with E-state index >= 15 is 0 Å². The van der Waals surface area contributed by atoms with Crippen molar-refractivity contribution in [3.63, 3.8) is 0 Å². The van der Waals surface area contributed by atoms with Crippen LogP contribution in [0.2, 0.25) is 5.02 Å². The molecule has 1 aromatic carbocycles. The summed E-state index contributed by atoms with van der Waals surface area (Å²) in [5.41, 5.74) is 3.64. The second-order valence-electron chi connectivity index (χ2n) is 4.69. The average Bonchev–Trinajstić information content (AvgIpc) is 2.38. The minimum Gasteiger partial charge on any atom is -0.373 e. The van der Waals surface area contributed by atoms with Crippen LogP contribution in [-0.2, 0) is 11.0 Å². The molecule has 0 saturated heterocycles. The number of nitrogens with one attached hydrogen (secondary N) is 2. The Balaban J connectivity index is 2.72. The number of primary amides is 1. The fourth-order valence-corrected chi connectivity index (χ4v) is 2.17. The number of hydrogen-bond donors (Lipinski definition) is 3. The smallest absolute Gasteiger partial charge is 0.373 e. The summed E-state index contributed by atoms with van der Waals surface area (Å²) in [5.74, 6) is -0.716. The Morgan fingerprint density at radius 1 is 1.36 bits per heavy atom. The van der Waals surface area contributed by atoms with Crippen LogP contribution in [0.5, 0.6) is 0 Å². The summed E-state index contributed by atoms with van der Waals surface area (Å²) in [5, 5.41) is 2.39. The first-order valence-electron chi connectivity index (χ1n) is 6.09. The normalized spacial score (nSPS) is 13.1. The number of carbonyl (C=O) groups excluding carboxylic acids is 1. The van der Waals surface area contributed by atoms with Crippen molar-refractivity contribution in [2.24, 2.45) is 5.73 Å². The topological polar surface area (TPSA) is 88.0 Å². The Morgan fingerprint density at radius 3 is 2.55 bits per heavy atom. The molecule has 0 aliphatic heterocycles. The number of benzene rings is 1. The van der Waals surface area contributed by atoms with Gasteiger partial charge in [-0.1, -0.05) is 11.6 Å². The van der Waals surface area contributed by atoms with Crippen molar-refractivity contribution in [1.29, 1.82) is 0 Å². The lowest BCUT2D eigenvalue weighted by Gasteiger charge is -2.16. The number of H-pyrrole nitrogens is 1. The number of halogens is 4. The van der Waals surface area contributed by atoms with Gasteiger partial charge in [-0.15, -0.1) is 0 Å². The number of carbonyl (C=O) groups is 1. The van der Waals surface area contributed by atoms with Gasteiger partial charge >= 0.3 is 6.18 Å². The first-order chi connectivity index (χ1) is 10.1. The summed E-state index contributed by atoms with van der Waals surface area (Å²) in [6, 6.07) is 1.73. The number of alkyl halides is 3. The highest BCUT2D eigenvalue weighted by Crippen LogP contribution is 2.36. The molecule has 0 saturated carbocycles. The molecule has 2 rings (SSSR count). The van der Waals surface area contributed by atoms with Crippen molar-refractivity contribution in [3.8, 4) is 0 Å². The van der Waals surface area contributed by atoms with Crippen LogP contribution in [0.4, 0.5) is 18.9 Å². The number of hydrogen-bond acceptors (Lipinski definition) is 3. The van der Waals surface area contributed by atoms with Crippen LogP contribution in [0.3, 0.4) is 0 Å². The molecular formula is C13H11ClF3N3O2. The first kappa shape index (κ1) is 16.2. The van der Waals surface area contributed by atoms with Crippen LogP contribution in [0.15, 0.2) is 23.0 Å². The summed E-state index contributed by atoms with van der Waals surface area (Å²) < 4.78 is 38.6. The van der Waals surface area contributed by atoms with Gasteiger partial charge < -0.3 is 16.0 Å². The van der Waals surface area contributed by atoms with Crippen molar-refractivity contribution < 1.29 is 18.0 Å². The van der Waals surface area contributed by atoms with Crippen molar-refractivity contribution in [3.05, 3.63) is 39.1 Å². The van der Waals surface area contributed by atoms with E-state index in [1.165, 1.54) is 6.92 Å². The van der Waals surface area contributed by atoms with Gasteiger partial charge in [0.15, 0.2) is 0 Å². The van der Waals surface area contributed by atoms with Crippen LogP contribution in [0.1, 0.15) is 12.5 Å². The Kier molecular flexibility index (Phi) is 4.06. The third kappa shape index (κ3) is 3.16. The highest BCUT2D eigenvalue weighted by molar-refractivity contribution is 6.35. The molecule has 1 unspecified atom stereocenters. The molecule has 0 spiro atoms. The molecule has 0 fully saturated rings. The van der Waals surface area contributed by atoms with Gasteiger partial charge in [0, 0.05) is 17.1 Å². The molecule has 22 heavy (non-hydrogen) atoms. The number of aromatic nitrogens is 1. The zero-order valence-corrected chi connectivity index (χ0v) is 12.0. The van der Waals surface area contributed by atoms with E-state index in [-0.39, 0.29) is 21.6 Å². The summed E-state index contributed by atoms with van der Waals surface area (Å²) in [7, 11) is 0. The van der Waals surface area contributed by atoms with Gasteiger partial charge in [0.2, 0.25) is 5.91 Å². The van der Waals surface area contributed by atoms with Crippen LogP contribution in [0, 0.1) is 0 Å². The van der Waals surface area contributed by atoms with Crippen molar-refractivity contribution in [2.45, 2.75) is 19.1 Å². The van der Waals surface area contributed by atoms with E-state index in [2.05, 4.69) is 10.3 Å². The van der Waals surface area contributed by atoms with E-state index in [4.69, 9.17) is 17.3 Å². The molecule has 9 heteroatoms. The second kappa shape index (κ2) is 5.53. The van der Waals surface area contributed by atoms with E-state index in [9.17, 15) is 22.8 Å². The Morgan fingerprint density at radius 2 is 2.00 bits per heavy atom. The molecule has 1 aromatic heterocycles. The summed E-state index contributed by atoms with van der Waals surface area (Å²) in [6.07, 6.45) is -4.60. The van der Waals surface area contributed by atoms with Crippen LogP contribution >= 0.6 is 11.6 Å². The van der Waals surface area contributed by atoms with Gasteiger partial charge in [-0.05, 0) is 19.1 Å². The summed E-state index contributed by atoms with van der Waals surface area (Å²) in [4.78, 5) is 25.1. The SMILES string of the molecule is CC(Nc1cc(=O)[nH]c2c(Cl)cc(C(F)(F)F)cc12)C(N)=O. The van der Waals surface area contributed by atoms with Crippen molar-refractivity contribution in [2.75, 3.05) is 5.32 Å². The van der Waals surface area contributed by atoms with Crippen molar-refractivity contribution >= 4 is 34.1 Å². The largest absolute Gasteiger partial charge is 0.416 e. The molecule has 2 aromatic rings. The molecule has 0 bridgehead atoms. The Hall–Kier alpha value is -2.22. The minimum absolute atomic E-state index is 0.0347. The maximum Gasteiger partial charge on any atom is 0.416 e. The number of aromatic amines is 1. The number of nitrogens with two attached hydrogens (primary N) is 1. The first-order valence-corrected chi connectivity index (χ1v) is 6.47. The molecule has 1 atom stereocenters. The van der Waals surface area contributed by atoms with E-state index in [1.54, 1.807) is 0 Å². The lowest BCUT2D eigenvalue weighted by molar-refractivity contribution is -0.137. The van der Waals surface area contributed by atoms with Crippen LogP contribution in [0.25, 0.3) is 10.9 Å². The average molecular weight is 334 g/mol. The van der Waals surface area contributed by atoms with Crippen LogP contribution in [-0.4, -0.2) is 16.9 Å². The van der Waals surface area contributed by atoms with Gasteiger partial charge in [-0.25, -0.2) is 0 Å². The molecule has 4 N–H and O–H groups in total. The van der Waals surface area contributed by atoms with Crippen molar-refractivity contribution in [1.82, 2.24) is 4.98 Å². The van der Waals surface area contributed by atoms with E-state index in [1.807, 2.05) is 0 Å². The van der Waals surface area contributed by atoms with Gasteiger partial charge in [0.25, 0.3) is 5.56 Å². The van der Waals surface area contributed by atoms with Crippen LogP contribution < -0.4 is 16.6 Å². The highest BCUT2D eigenvalue weighted by atomic mass is 35.5. The molecule has 1 heterocycles. The maximum absolute atomic E-state index is 12.9. The summed E-state index contributed by atoms with van der Waals surface area (Å²) in [6.45, 7) is 1.42. The van der Waals surface area contributed by atoms with E-state index in [0.29, 0.717) is 0 Å². The summed E-state index contributed by atoms with van der Waals surface area (Å²) >= 11 is 5.82. The third-order valence-electron chi connectivity index (χ3n) is 3.03. The molecule has 0 radical (unpaired) electrons. The standard InChI is InChI=1S/C13H11ClF3N3O2/c1-5(12(18)22)19-9-4-10(21)20-11-7(9)2-6(3-8(11)14)13(15,16)17/h2-5H,1H3,(H2,18,22)(H2,19,20,21). The zero-order chi connectivity index (χ0) is 16.7. The number of rotatable bonds is 3. The number of fused-ring (bicyclic) bond motifs is 1. The molecular weight excluding hydrogens is 323 g/mol. The monoisotopic (exact) mass is 333 g/mol. The predicted octanol–water partition coefficient (Wildman–Crippen LogP) is 2.49. The number of anilines is 1. The fraction of sp³-hybridized carbons (Fsp3) is 0.231. The van der Waals surface area contributed by atoms with Gasteiger partial charge in [0.05, 0.1) is 16.1 Å². The number of amides is 1. The maximum atomic E-state index is 12.9. The highest BCUT2D eigenvalue weighted by Gasteiger charge is 2.31. The third-order valence-corrected chi connectivity index (χ3v) is 3.33. The van der Waals surface area contributed by atoms with Gasteiger partial charge in [-0.2, -0.15) is 13.2 Å². The fourth-order valence-electron chi connectivity index (χ4n) is 1.90. The van der Waals surface area contributed by atoms with E-state index in [0.717, 1.165) is 18.2 Å². The minimum atomic E-state index is -4.60. The van der Waals surface area contributed by atoms with Gasteiger partial charge in [0.1, 0.15) is 6.04 Å². The Bertz CT molecular complexity index is 801. The lowest BCUT2D eigenvalue weighted by atomic mass is 10.1. The van der Waals surface area contributed by atoms with E-state index < -0.39 is 29.2 Å². The molecule has 0 aliphatic carbocycles. The quantitative estimate of drug-likeness (QED) is 0.806. The predicted molar refractivity (Wildman–Crippen MR) is 76.9 cm³/mol. The molecule has 0 aliphatic rings. The number of pyridine rings is 1. The molecule has 1 amide bonds. The zero-order valence-electron chi connectivity index (χ0n) is 11.2. The molecule has 5 nitrogen and oxygen atoms in total. The van der Waals surface area contributed by atoms with Gasteiger partial charge in [-0.3, -0.25) is 9.59 Å².